The summed E-state index contributed by atoms with van der Waals surface area (Å²) in [5.41, 5.74) is 0.799. The molecule has 0 aliphatic heterocycles. The maximum atomic E-state index is 6.20. The minimum atomic E-state index is -0.280. The van der Waals surface area contributed by atoms with E-state index in [1.807, 2.05) is 6.07 Å². The van der Waals surface area contributed by atoms with Crippen LogP contribution in [-0.2, 0) is 4.74 Å². The second-order valence-corrected chi connectivity index (χ2v) is 7.01. The predicted octanol–water partition coefficient (Wildman–Crippen LogP) is 5.12. The Morgan fingerprint density at radius 2 is 1.48 bits per heavy atom. The van der Waals surface area contributed by atoms with Crippen LogP contribution in [0.5, 0.6) is 5.75 Å². The summed E-state index contributed by atoms with van der Waals surface area (Å²) >= 11 is 0. The first kappa shape index (κ1) is 15.8. The van der Waals surface area contributed by atoms with Crippen molar-refractivity contribution in [1.29, 1.82) is 0 Å². The molecular formula is C19H26O2. The summed E-state index contributed by atoms with van der Waals surface area (Å²) in [5, 5.41) is 2.46. The van der Waals surface area contributed by atoms with E-state index in [9.17, 15) is 0 Å². The quantitative estimate of drug-likeness (QED) is 0.759. The van der Waals surface area contributed by atoms with Crippen molar-refractivity contribution in [3.63, 3.8) is 0 Å². The Morgan fingerprint density at radius 1 is 0.857 bits per heavy atom. The lowest BCUT2D eigenvalue weighted by molar-refractivity contribution is -0.0402. The third kappa shape index (κ3) is 4.21. The van der Waals surface area contributed by atoms with Crippen LogP contribution in [0, 0.1) is 6.92 Å². The zero-order chi connectivity index (χ0) is 15.7. The topological polar surface area (TPSA) is 18.5 Å². The van der Waals surface area contributed by atoms with Gasteiger partial charge in [-0.3, -0.25) is 0 Å². The van der Waals surface area contributed by atoms with Crippen molar-refractivity contribution in [2.75, 3.05) is 7.11 Å². The van der Waals surface area contributed by atoms with E-state index in [0.29, 0.717) is 0 Å². The van der Waals surface area contributed by atoms with Gasteiger partial charge >= 0.3 is 0 Å². The van der Waals surface area contributed by atoms with Gasteiger partial charge in [0, 0.05) is 13.5 Å². The molecule has 2 rings (SSSR count). The molecule has 0 saturated carbocycles. The largest absolute Gasteiger partial charge is 0.488 e. The predicted molar refractivity (Wildman–Crippen MR) is 89.1 cm³/mol. The molecule has 2 aromatic carbocycles. The number of methoxy groups -OCH3 is 1. The highest BCUT2D eigenvalue weighted by Crippen LogP contribution is 2.30. The molecule has 2 nitrogen and oxygen atoms in total. The second kappa shape index (κ2) is 5.69. The standard InChI is InChI=1S/C19H26O2/c1-14-7-8-16-12-17(10-9-15(16)11-14)21-19(4,5)13-18(2,3)20-6/h7-12H,13H2,1-6H3. The number of hydrogen-bond donors (Lipinski definition) is 0. The molecule has 2 heteroatoms. The highest BCUT2D eigenvalue weighted by molar-refractivity contribution is 5.84. The van der Waals surface area contributed by atoms with Gasteiger partial charge in [-0.05, 0) is 57.5 Å². The number of rotatable bonds is 5. The Kier molecular flexibility index (Phi) is 4.29. The van der Waals surface area contributed by atoms with E-state index >= 15 is 0 Å². The number of aryl methyl sites for hydroxylation is 1. The van der Waals surface area contributed by atoms with Crippen LogP contribution in [0.2, 0.25) is 0 Å². The molecule has 0 aromatic heterocycles. The number of hydrogen-bond acceptors (Lipinski definition) is 2. The van der Waals surface area contributed by atoms with Crippen LogP contribution < -0.4 is 4.74 Å². The molecule has 0 N–H and O–H groups in total. The molecule has 0 aliphatic carbocycles. The van der Waals surface area contributed by atoms with Gasteiger partial charge in [0.05, 0.1) is 5.60 Å². The summed E-state index contributed by atoms with van der Waals surface area (Å²) in [7, 11) is 1.74. The normalized spacial score (nSPS) is 12.7. The van der Waals surface area contributed by atoms with Gasteiger partial charge in [0.25, 0.3) is 0 Å². The number of benzene rings is 2. The summed E-state index contributed by atoms with van der Waals surface area (Å²) in [6.07, 6.45) is 0.822. The summed E-state index contributed by atoms with van der Waals surface area (Å²) < 4.78 is 11.7. The van der Waals surface area contributed by atoms with E-state index in [4.69, 9.17) is 9.47 Å². The van der Waals surface area contributed by atoms with Crippen molar-refractivity contribution in [3.8, 4) is 5.75 Å². The van der Waals surface area contributed by atoms with Gasteiger partial charge in [-0.1, -0.05) is 29.8 Å². The molecule has 21 heavy (non-hydrogen) atoms. The maximum Gasteiger partial charge on any atom is 0.120 e. The Bertz CT molecular complexity index is 626. The molecule has 0 atom stereocenters. The van der Waals surface area contributed by atoms with Crippen LogP contribution in [0.1, 0.15) is 39.7 Å². The van der Waals surface area contributed by atoms with Crippen molar-refractivity contribution in [2.45, 2.75) is 52.2 Å². The van der Waals surface area contributed by atoms with Gasteiger partial charge in [-0.25, -0.2) is 0 Å². The van der Waals surface area contributed by atoms with Gasteiger partial charge in [-0.2, -0.15) is 0 Å². The molecule has 0 heterocycles. The average Bonchev–Trinajstić information content (AvgIpc) is 2.37. The Balaban J connectivity index is 2.21. The van der Waals surface area contributed by atoms with E-state index in [0.717, 1.165) is 12.2 Å². The van der Waals surface area contributed by atoms with Gasteiger partial charge in [-0.15, -0.1) is 0 Å². The Hall–Kier alpha value is -1.54. The van der Waals surface area contributed by atoms with Crippen LogP contribution in [0.25, 0.3) is 10.8 Å². The highest BCUT2D eigenvalue weighted by atomic mass is 16.5. The van der Waals surface area contributed by atoms with E-state index < -0.39 is 0 Å². The van der Waals surface area contributed by atoms with Gasteiger partial charge in [0.15, 0.2) is 0 Å². The molecule has 0 bridgehead atoms. The fourth-order valence-corrected chi connectivity index (χ4v) is 2.86. The van der Waals surface area contributed by atoms with E-state index in [1.165, 1.54) is 16.3 Å². The number of fused-ring (bicyclic) bond motifs is 1. The fraction of sp³-hybridized carbons (Fsp3) is 0.474. The number of ether oxygens (including phenoxy) is 2. The third-order valence-electron chi connectivity index (χ3n) is 3.77. The van der Waals surface area contributed by atoms with Crippen molar-refractivity contribution >= 4 is 10.8 Å². The summed E-state index contributed by atoms with van der Waals surface area (Å²) in [5.74, 6) is 0.906. The highest BCUT2D eigenvalue weighted by Gasteiger charge is 2.30. The van der Waals surface area contributed by atoms with Gasteiger partial charge in [0.1, 0.15) is 11.4 Å². The summed E-state index contributed by atoms with van der Waals surface area (Å²) in [4.78, 5) is 0. The molecule has 0 amide bonds. The van der Waals surface area contributed by atoms with Crippen LogP contribution >= 0.6 is 0 Å². The summed E-state index contributed by atoms with van der Waals surface area (Å²) in [6, 6.07) is 12.7. The van der Waals surface area contributed by atoms with Crippen molar-refractivity contribution in [2.24, 2.45) is 0 Å². The fourth-order valence-electron chi connectivity index (χ4n) is 2.86. The monoisotopic (exact) mass is 286 g/mol. The van der Waals surface area contributed by atoms with Gasteiger partial charge < -0.3 is 9.47 Å². The Labute approximate surface area is 128 Å². The SMILES string of the molecule is COC(C)(C)CC(C)(C)Oc1ccc2cc(C)ccc2c1. The molecule has 0 radical (unpaired) electrons. The van der Waals surface area contributed by atoms with Crippen LogP contribution in [0.15, 0.2) is 36.4 Å². The lowest BCUT2D eigenvalue weighted by atomic mass is 9.92. The van der Waals surface area contributed by atoms with Crippen LogP contribution in [0.4, 0.5) is 0 Å². The molecule has 0 unspecified atom stereocenters. The molecule has 0 spiro atoms. The average molecular weight is 286 g/mol. The van der Waals surface area contributed by atoms with E-state index in [2.05, 4.69) is 65.0 Å². The van der Waals surface area contributed by atoms with Crippen LogP contribution in [-0.4, -0.2) is 18.3 Å². The van der Waals surface area contributed by atoms with Crippen molar-refractivity contribution in [1.82, 2.24) is 0 Å². The minimum absolute atomic E-state index is 0.197. The van der Waals surface area contributed by atoms with E-state index in [1.54, 1.807) is 7.11 Å². The van der Waals surface area contributed by atoms with Crippen LogP contribution in [0.3, 0.4) is 0 Å². The molecule has 0 fully saturated rings. The molecule has 0 saturated heterocycles. The third-order valence-corrected chi connectivity index (χ3v) is 3.77. The van der Waals surface area contributed by atoms with Crippen molar-refractivity contribution < 1.29 is 9.47 Å². The van der Waals surface area contributed by atoms with E-state index in [-0.39, 0.29) is 11.2 Å². The Morgan fingerprint density at radius 3 is 2.14 bits per heavy atom. The maximum absolute atomic E-state index is 6.20. The zero-order valence-electron chi connectivity index (χ0n) is 14.0. The first-order valence-electron chi connectivity index (χ1n) is 7.45. The second-order valence-electron chi connectivity index (χ2n) is 7.01. The zero-order valence-corrected chi connectivity index (χ0v) is 14.0. The minimum Gasteiger partial charge on any atom is -0.488 e. The lowest BCUT2D eigenvalue weighted by Crippen LogP contribution is -2.38. The molecular weight excluding hydrogens is 260 g/mol. The first-order chi connectivity index (χ1) is 9.71. The lowest BCUT2D eigenvalue weighted by Gasteiger charge is -2.34. The molecule has 2 aromatic rings. The molecule has 0 aliphatic rings. The van der Waals surface area contributed by atoms with Crippen molar-refractivity contribution in [3.05, 3.63) is 42.0 Å². The first-order valence-corrected chi connectivity index (χ1v) is 7.45. The summed E-state index contributed by atoms with van der Waals surface area (Å²) in [6.45, 7) is 10.5. The smallest absolute Gasteiger partial charge is 0.120 e. The molecule has 114 valence electrons. The van der Waals surface area contributed by atoms with Gasteiger partial charge in [0.2, 0.25) is 0 Å².